The van der Waals surface area contributed by atoms with Crippen LogP contribution < -0.4 is 5.73 Å². The Labute approximate surface area is 62.4 Å². The molecule has 0 unspecified atom stereocenters. The first-order valence-electron chi connectivity index (χ1n) is 3.05. The molecule has 0 saturated carbocycles. The molecule has 6 heteroatoms. The Bertz CT molecular complexity index is 352. The molecule has 0 radical (unpaired) electrons. The molecule has 11 heavy (non-hydrogen) atoms. The average Bonchev–Trinajstić information content (AvgIpc) is 2.34. The molecule has 2 N–H and O–H groups in total. The number of nitrogens with two attached hydrogens (primary N) is 1. The summed E-state index contributed by atoms with van der Waals surface area (Å²) in [5.41, 5.74) is 6.09. The van der Waals surface area contributed by atoms with E-state index in [0.717, 1.165) is 0 Å². The predicted octanol–water partition coefficient (Wildman–Crippen LogP) is -0.708. The lowest BCUT2D eigenvalue weighted by Gasteiger charge is -2.00. The standard InChI is InChI=1S/C5H6N6/c1-11-9-4(6)3-5(10-11)8-2-7-3/h2H,1H3,(H2,6,9). The molecule has 0 aliphatic carbocycles. The predicted molar refractivity (Wildman–Crippen MR) is 37.6 cm³/mol. The molecular weight excluding hydrogens is 144 g/mol. The van der Waals surface area contributed by atoms with E-state index in [1.54, 1.807) is 7.05 Å². The fourth-order valence-electron chi connectivity index (χ4n) is 0.877. The van der Waals surface area contributed by atoms with Gasteiger partial charge in [-0.25, -0.2) is 9.97 Å². The maximum atomic E-state index is 5.53. The lowest BCUT2D eigenvalue weighted by Crippen LogP contribution is -2.09. The Kier molecular flexibility index (Phi) is 1.03. The minimum absolute atomic E-state index is 0.356. The van der Waals surface area contributed by atoms with Gasteiger partial charge in [-0.2, -0.15) is 4.80 Å². The van der Waals surface area contributed by atoms with E-state index in [2.05, 4.69) is 20.2 Å². The van der Waals surface area contributed by atoms with E-state index in [4.69, 9.17) is 5.73 Å². The van der Waals surface area contributed by atoms with Gasteiger partial charge in [0.1, 0.15) is 6.33 Å². The van der Waals surface area contributed by atoms with Crippen molar-refractivity contribution < 1.29 is 0 Å². The largest absolute Gasteiger partial charge is 0.380 e. The van der Waals surface area contributed by atoms with Crippen LogP contribution >= 0.6 is 0 Å². The van der Waals surface area contributed by atoms with Gasteiger partial charge in [-0.15, -0.1) is 10.2 Å². The SMILES string of the molecule is Cn1nc2ncnc-2c(N)n1. The van der Waals surface area contributed by atoms with Crippen LogP contribution in [-0.4, -0.2) is 25.0 Å². The summed E-state index contributed by atoms with van der Waals surface area (Å²) in [4.78, 5) is 9.13. The highest BCUT2D eigenvalue weighted by Gasteiger charge is 2.11. The number of hydrogen-bond acceptors (Lipinski definition) is 5. The van der Waals surface area contributed by atoms with Crippen LogP contribution in [0.5, 0.6) is 0 Å². The van der Waals surface area contributed by atoms with Gasteiger partial charge in [0.15, 0.2) is 11.5 Å². The van der Waals surface area contributed by atoms with Gasteiger partial charge in [-0.3, -0.25) is 0 Å². The van der Waals surface area contributed by atoms with Crippen molar-refractivity contribution in [1.29, 1.82) is 0 Å². The average molecular weight is 150 g/mol. The van der Waals surface area contributed by atoms with Crippen molar-refractivity contribution in [2.45, 2.75) is 0 Å². The molecule has 0 atom stereocenters. The third-order valence-electron chi connectivity index (χ3n) is 1.31. The summed E-state index contributed by atoms with van der Waals surface area (Å²) >= 11 is 0. The molecule has 0 bridgehead atoms. The van der Waals surface area contributed by atoms with Crippen molar-refractivity contribution >= 4 is 5.82 Å². The number of aryl methyl sites for hydroxylation is 1. The second-order valence-electron chi connectivity index (χ2n) is 2.12. The van der Waals surface area contributed by atoms with E-state index in [9.17, 15) is 0 Å². The summed E-state index contributed by atoms with van der Waals surface area (Å²) in [6.07, 6.45) is 1.41. The molecular formula is C5H6N6. The van der Waals surface area contributed by atoms with Crippen LogP contribution in [0.15, 0.2) is 6.33 Å². The van der Waals surface area contributed by atoms with Gasteiger partial charge in [-0.05, 0) is 0 Å². The fourth-order valence-corrected chi connectivity index (χ4v) is 0.877. The first-order chi connectivity index (χ1) is 5.27. The van der Waals surface area contributed by atoms with Gasteiger partial charge in [0.2, 0.25) is 5.82 Å². The minimum atomic E-state index is 0.356. The minimum Gasteiger partial charge on any atom is -0.380 e. The lowest BCUT2D eigenvalue weighted by atomic mass is 10.4. The Balaban J connectivity index is 2.79. The maximum Gasteiger partial charge on any atom is 0.205 e. The molecule has 0 saturated heterocycles. The molecule has 0 aromatic carbocycles. The number of rotatable bonds is 0. The number of anilines is 1. The molecule has 0 amide bonds. The lowest BCUT2D eigenvalue weighted by molar-refractivity contribution is 0.619. The quantitative estimate of drug-likeness (QED) is 0.536. The van der Waals surface area contributed by atoms with Gasteiger partial charge < -0.3 is 5.73 Å². The topological polar surface area (TPSA) is 82.5 Å². The molecule has 0 spiro atoms. The smallest absolute Gasteiger partial charge is 0.205 e. The van der Waals surface area contributed by atoms with Crippen LogP contribution in [0.1, 0.15) is 0 Å². The van der Waals surface area contributed by atoms with Crippen LogP contribution in [0, 0.1) is 0 Å². The summed E-state index contributed by atoms with van der Waals surface area (Å²) in [6.45, 7) is 0. The van der Waals surface area contributed by atoms with Gasteiger partial charge in [0.05, 0.1) is 0 Å². The van der Waals surface area contributed by atoms with E-state index in [1.807, 2.05) is 0 Å². The fraction of sp³-hybridized carbons (Fsp3) is 0.200. The second-order valence-corrected chi connectivity index (χ2v) is 2.12. The zero-order chi connectivity index (χ0) is 7.84. The monoisotopic (exact) mass is 150 g/mol. The van der Waals surface area contributed by atoms with E-state index in [-0.39, 0.29) is 0 Å². The highest BCUT2D eigenvalue weighted by atomic mass is 15.5. The van der Waals surface area contributed by atoms with Crippen LogP contribution in [0.3, 0.4) is 0 Å². The van der Waals surface area contributed by atoms with Gasteiger partial charge in [0.25, 0.3) is 0 Å². The molecule has 0 aromatic rings. The Morgan fingerprint density at radius 2 is 2.18 bits per heavy atom. The van der Waals surface area contributed by atoms with Crippen LogP contribution in [0.4, 0.5) is 5.82 Å². The van der Waals surface area contributed by atoms with E-state index in [0.29, 0.717) is 17.3 Å². The third kappa shape index (κ3) is 0.794. The second kappa shape index (κ2) is 1.88. The van der Waals surface area contributed by atoms with Gasteiger partial charge in [-0.1, -0.05) is 0 Å². The summed E-state index contributed by atoms with van der Waals surface area (Å²) < 4.78 is 0. The summed E-state index contributed by atoms with van der Waals surface area (Å²) in [5, 5.41) is 7.80. The first kappa shape index (κ1) is 6.02. The molecule has 0 aromatic heterocycles. The Morgan fingerprint density at radius 3 is 3.00 bits per heavy atom. The zero-order valence-corrected chi connectivity index (χ0v) is 5.89. The van der Waals surface area contributed by atoms with E-state index in [1.165, 1.54) is 11.1 Å². The van der Waals surface area contributed by atoms with Crippen LogP contribution in [-0.2, 0) is 7.05 Å². The molecule has 2 heterocycles. The van der Waals surface area contributed by atoms with Crippen LogP contribution in [0.2, 0.25) is 0 Å². The van der Waals surface area contributed by atoms with Crippen molar-refractivity contribution in [1.82, 2.24) is 25.0 Å². The molecule has 0 fully saturated rings. The van der Waals surface area contributed by atoms with Crippen molar-refractivity contribution in [2.24, 2.45) is 7.05 Å². The molecule has 6 nitrogen and oxygen atoms in total. The molecule has 2 aliphatic heterocycles. The van der Waals surface area contributed by atoms with Crippen LogP contribution in [0.25, 0.3) is 11.5 Å². The number of hydrogen-bond donors (Lipinski definition) is 1. The number of nitrogens with zero attached hydrogens (tertiary/aromatic N) is 5. The highest BCUT2D eigenvalue weighted by Crippen LogP contribution is 2.16. The van der Waals surface area contributed by atoms with Crippen molar-refractivity contribution in [3.8, 4) is 11.5 Å². The number of aromatic nitrogens is 5. The van der Waals surface area contributed by atoms with Gasteiger partial charge in [0, 0.05) is 7.05 Å². The maximum absolute atomic E-state index is 5.53. The molecule has 56 valence electrons. The van der Waals surface area contributed by atoms with Crippen molar-refractivity contribution in [3.05, 3.63) is 6.33 Å². The normalized spacial score (nSPS) is 10.6. The van der Waals surface area contributed by atoms with E-state index < -0.39 is 0 Å². The summed E-state index contributed by atoms with van der Waals surface area (Å²) in [7, 11) is 1.68. The summed E-state index contributed by atoms with van der Waals surface area (Å²) in [5.74, 6) is 0.884. The molecule has 2 rings (SSSR count). The van der Waals surface area contributed by atoms with E-state index >= 15 is 0 Å². The number of imidazole rings is 1. The Morgan fingerprint density at radius 1 is 1.36 bits per heavy atom. The first-order valence-corrected chi connectivity index (χ1v) is 3.05. The summed E-state index contributed by atoms with van der Waals surface area (Å²) in [6, 6.07) is 0. The van der Waals surface area contributed by atoms with Crippen molar-refractivity contribution in [2.75, 3.05) is 5.73 Å². The Hall–Kier alpha value is -1.72. The van der Waals surface area contributed by atoms with Gasteiger partial charge >= 0.3 is 0 Å². The number of nitrogen functional groups attached to an aromatic ring is 1. The highest BCUT2D eigenvalue weighted by molar-refractivity contribution is 5.62. The van der Waals surface area contributed by atoms with Crippen molar-refractivity contribution in [3.63, 3.8) is 0 Å². The number of fused-ring (bicyclic) bond motifs is 1. The molecule has 2 aliphatic rings. The third-order valence-corrected chi connectivity index (χ3v) is 1.31. The zero-order valence-electron chi connectivity index (χ0n) is 5.89.